The van der Waals surface area contributed by atoms with Gasteiger partial charge in [-0.1, -0.05) is 19.9 Å². The lowest BCUT2D eigenvalue weighted by atomic mass is 9.77. The molecular formula is C19H29N3O2S. The van der Waals surface area contributed by atoms with Gasteiger partial charge in [0.05, 0.1) is 13.1 Å². The van der Waals surface area contributed by atoms with Crippen molar-refractivity contribution in [2.45, 2.75) is 39.7 Å². The lowest BCUT2D eigenvalue weighted by molar-refractivity contribution is -0.128. The Morgan fingerprint density at radius 2 is 2.12 bits per heavy atom. The first kappa shape index (κ1) is 18.4. The summed E-state index contributed by atoms with van der Waals surface area (Å²) in [6.07, 6.45) is 2.73. The molecule has 25 heavy (non-hydrogen) atoms. The first-order valence-electron chi connectivity index (χ1n) is 9.25. The van der Waals surface area contributed by atoms with Crippen molar-refractivity contribution in [1.29, 1.82) is 0 Å². The second-order valence-electron chi connectivity index (χ2n) is 7.98. The number of hydrogen-bond donors (Lipinski definition) is 1. The van der Waals surface area contributed by atoms with Crippen LogP contribution in [0.3, 0.4) is 0 Å². The van der Waals surface area contributed by atoms with Crippen molar-refractivity contribution in [2.75, 3.05) is 32.7 Å². The fraction of sp³-hybridized carbons (Fsp3) is 0.684. The summed E-state index contributed by atoms with van der Waals surface area (Å²) >= 11 is 1.66. The summed E-state index contributed by atoms with van der Waals surface area (Å²) in [5.74, 6) is 0.926. The van der Waals surface area contributed by atoms with Gasteiger partial charge < -0.3 is 10.2 Å². The predicted molar refractivity (Wildman–Crippen MR) is 100 cm³/mol. The highest BCUT2D eigenvalue weighted by molar-refractivity contribution is 7.09. The van der Waals surface area contributed by atoms with E-state index >= 15 is 0 Å². The molecule has 0 unspecified atom stereocenters. The van der Waals surface area contributed by atoms with Crippen LogP contribution in [0.1, 0.15) is 38.0 Å². The van der Waals surface area contributed by atoms with Gasteiger partial charge in [0.2, 0.25) is 11.8 Å². The molecule has 1 aromatic rings. The Balaban J connectivity index is 1.42. The van der Waals surface area contributed by atoms with Crippen LogP contribution in [-0.2, 0) is 16.1 Å². The zero-order valence-corrected chi connectivity index (χ0v) is 16.1. The highest BCUT2D eigenvalue weighted by atomic mass is 32.1. The van der Waals surface area contributed by atoms with E-state index in [1.807, 2.05) is 22.4 Å². The number of hydrogen-bond acceptors (Lipinski definition) is 4. The van der Waals surface area contributed by atoms with Gasteiger partial charge in [-0.05, 0) is 48.7 Å². The van der Waals surface area contributed by atoms with Crippen molar-refractivity contribution < 1.29 is 9.59 Å². The molecule has 1 aromatic heterocycles. The topological polar surface area (TPSA) is 52.6 Å². The molecular weight excluding hydrogens is 334 g/mol. The highest BCUT2D eigenvalue weighted by Gasteiger charge is 2.44. The van der Waals surface area contributed by atoms with Gasteiger partial charge >= 0.3 is 0 Å². The second-order valence-corrected chi connectivity index (χ2v) is 9.01. The van der Waals surface area contributed by atoms with Crippen LogP contribution in [0.2, 0.25) is 0 Å². The Morgan fingerprint density at radius 1 is 1.36 bits per heavy atom. The zero-order valence-electron chi connectivity index (χ0n) is 15.3. The van der Waals surface area contributed by atoms with Crippen molar-refractivity contribution in [1.82, 2.24) is 15.1 Å². The van der Waals surface area contributed by atoms with E-state index in [0.29, 0.717) is 31.3 Å². The molecule has 6 heteroatoms. The molecule has 0 aliphatic carbocycles. The van der Waals surface area contributed by atoms with Crippen LogP contribution >= 0.6 is 11.3 Å². The van der Waals surface area contributed by atoms with Crippen molar-refractivity contribution in [2.24, 2.45) is 11.3 Å². The number of nitrogens with zero attached hydrogens (tertiary/aromatic N) is 2. The summed E-state index contributed by atoms with van der Waals surface area (Å²) in [7, 11) is 0. The van der Waals surface area contributed by atoms with Gasteiger partial charge in [0.1, 0.15) is 0 Å². The molecule has 0 aromatic carbocycles. The van der Waals surface area contributed by atoms with Crippen LogP contribution in [0.15, 0.2) is 17.5 Å². The lowest BCUT2D eigenvalue weighted by Gasteiger charge is -2.38. The molecule has 2 amide bonds. The molecule has 5 nitrogen and oxygen atoms in total. The average Bonchev–Trinajstić information content (AvgIpc) is 3.17. The zero-order chi connectivity index (χ0) is 17.9. The smallest absolute Gasteiger partial charge is 0.234 e. The molecule has 0 saturated carbocycles. The minimum atomic E-state index is 0.0910. The van der Waals surface area contributed by atoms with E-state index in [2.05, 4.69) is 24.1 Å². The van der Waals surface area contributed by atoms with E-state index in [9.17, 15) is 9.59 Å². The number of carbonyl (C=O) groups is 2. The number of amides is 2. The number of carbonyl (C=O) groups excluding carboxylic acids is 2. The number of rotatable bonds is 6. The number of nitrogens with one attached hydrogen (secondary N) is 1. The molecule has 2 aliphatic rings. The minimum Gasteiger partial charge on any atom is -0.350 e. The van der Waals surface area contributed by atoms with Gasteiger partial charge in [-0.15, -0.1) is 11.3 Å². The van der Waals surface area contributed by atoms with E-state index in [-0.39, 0.29) is 11.3 Å². The number of piperidine rings is 1. The maximum atomic E-state index is 12.3. The number of likely N-dealkylation sites (tertiary alicyclic amines) is 2. The normalized spacial score (nSPS) is 20.6. The van der Waals surface area contributed by atoms with Crippen molar-refractivity contribution in [3.8, 4) is 0 Å². The van der Waals surface area contributed by atoms with E-state index in [4.69, 9.17) is 0 Å². The van der Waals surface area contributed by atoms with Crippen LogP contribution in [0.5, 0.6) is 0 Å². The van der Waals surface area contributed by atoms with Crippen LogP contribution in [-0.4, -0.2) is 54.3 Å². The number of thiophene rings is 1. The minimum absolute atomic E-state index is 0.0910. The third-order valence-corrected chi connectivity index (χ3v) is 6.19. The van der Waals surface area contributed by atoms with Gasteiger partial charge in [0, 0.05) is 24.4 Å². The maximum absolute atomic E-state index is 12.3. The predicted octanol–water partition coefficient (Wildman–Crippen LogP) is 2.33. The molecule has 0 bridgehead atoms. The first-order chi connectivity index (χ1) is 12.0. The van der Waals surface area contributed by atoms with Crippen LogP contribution in [0, 0.1) is 11.3 Å². The third kappa shape index (κ3) is 4.82. The summed E-state index contributed by atoms with van der Waals surface area (Å²) in [6.45, 7) is 9.01. The molecule has 0 atom stereocenters. The van der Waals surface area contributed by atoms with Crippen LogP contribution in [0.4, 0.5) is 0 Å². The molecule has 2 aliphatic heterocycles. The van der Waals surface area contributed by atoms with Crippen molar-refractivity contribution in [3.63, 3.8) is 0 Å². The van der Waals surface area contributed by atoms with E-state index in [1.54, 1.807) is 11.3 Å². The van der Waals surface area contributed by atoms with E-state index in [0.717, 1.165) is 39.0 Å². The Bertz CT molecular complexity index is 592. The summed E-state index contributed by atoms with van der Waals surface area (Å²) in [5.41, 5.74) is 0.149. The molecule has 0 radical (unpaired) electrons. The summed E-state index contributed by atoms with van der Waals surface area (Å²) < 4.78 is 0. The average molecular weight is 364 g/mol. The molecule has 3 heterocycles. The maximum Gasteiger partial charge on any atom is 0.234 e. The molecule has 2 saturated heterocycles. The largest absolute Gasteiger partial charge is 0.350 e. The van der Waals surface area contributed by atoms with E-state index < -0.39 is 0 Å². The van der Waals surface area contributed by atoms with Gasteiger partial charge in [0.15, 0.2) is 0 Å². The Kier molecular flexibility index (Phi) is 5.79. The summed E-state index contributed by atoms with van der Waals surface area (Å²) in [6, 6.07) is 4.04. The van der Waals surface area contributed by atoms with Crippen LogP contribution < -0.4 is 5.32 Å². The van der Waals surface area contributed by atoms with Gasteiger partial charge in [-0.25, -0.2) is 0 Å². The molecule has 1 spiro atoms. The van der Waals surface area contributed by atoms with E-state index in [1.165, 1.54) is 4.88 Å². The lowest BCUT2D eigenvalue weighted by Crippen LogP contribution is -2.45. The third-order valence-electron chi connectivity index (χ3n) is 5.31. The Hall–Kier alpha value is -1.40. The molecule has 3 rings (SSSR count). The molecule has 2 fully saturated rings. The quantitative estimate of drug-likeness (QED) is 0.844. The fourth-order valence-corrected chi connectivity index (χ4v) is 4.61. The Labute approximate surface area is 154 Å². The highest BCUT2D eigenvalue weighted by Crippen LogP contribution is 2.41. The fourth-order valence-electron chi connectivity index (χ4n) is 3.97. The van der Waals surface area contributed by atoms with Crippen molar-refractivity contribution in [3.05, 3.63) is 22.4 Å². The Morgan fingerprint density at radius 3 is 2.76 bits per heavy atom. The summed E-state index contributed by atoms with van der Waals surface area (Å²) in [5, 5.41) is 5.02. The van der Waals surface area contributed by atoms with Gasteiger partial charge in [-0.2, -0.15) is 0 Å². The SMILES string of the molecule is CC(C)CN1CC2(CCN(CC(=O)NCc3cccs3)CC2)CC1=O. The molecule has 138 valence electrons. The van der Waals surface area contributed by atoms with Crippen LogP contribution in [0.25, 0.3) is 0 Å². The molecule has 1 N–H and O–H groups in total. The standard InChI is InChI=1S/C19H29N3O2S/c1-15(2)12-22-14-19(10-18(22)24)5-7-21(8-6-19)13-17(23)20-11-16-4-3-9-25-16/h3-4,9,15H,5-8,10-14H2,1-2H3,(H,20,23). The van der Waals surface area contributed by atoms with Gasteiger partial charge in [0.25, 0.3) is 0 Å². The van der Waals surface area contributed by atoms with Crippen molar-refractivity contribution >= 4 is 23.2 Å². The monoisotopic (exact) mass is 363 g/mol. The first-order valence-corrected chi connectivity index (χ1v) is 10.1. The van der Waals surface area contributed by atoms with Gasteiger partial charge in [-0.3, -0.25) is 14.5 Å². The summed E-state index contributed by atoms with van der Waals surface area (Å²) in [4.78, 5) is 29.9. The second kappa shape index (κ2) is 7.87.